The summed E-state index contributed by atoms with van der Waals surface area (Å²) in [5.41, 5.74) is 0.593. The summed E-state index contributed by atoms with van der Waals surface area (Å²) < 4.78 is 16.4. The molecule has 162 valence electrons. The minimum atomic E-state index is -1.10. The lowest BCUT2D eigenvalue weighted by molar-refractivity contribution is 0.0601. The lowest BCUT2D eigenvalue weighted by Gasteiger charge is -2.24. The van der Waals surface area contributed by atoms with Crippen LogP contribution in [0.2, 0.25) is 0 Å². The molecule has 0 saturated heterocycles. The van der Waals surface area contributed by atoms with Crippen LogP contribution in [0.4, 0.5) is 0 Å². The van der Waals surface area contributed by atoms with E-state index >= 15 is 0 Å². The van der Waals surface area contributed by atoms with Gasteiger partial charge < -0.3 is 29.6 Å². The van der Waals surface area contributed by atoms with Crippen LogP contribution in [0.15, 0.2) is 33.7 Å². The van der Waals surface area contributed by atoms with Crippen molar-refractivity contribution in [2.24, 2.45) is 4.99 Å². The largest absolute Gasteiger partial charge is 0.493 e. The Morgan fingerprint density at radius 2 is 2.03 bits per heavy atom. The maximum Gasteiger partial charge on any atom is 0.191 e. The van der Waals surface area contributed by atoms with Gasteiger partial charge in [-0.15, -0.1) is 6.42 Å². The number of rotatable bonds is 9. The molecule has 1 unspecified atom stereocenters. The number of aliphatic hydroxyl groups is 1. The fraction of sp³-hybridized carbons (Fsp3) is 0.435. The lowest BCUT2D eigenvalue weighted by atomic mass is 9.96. The molecule has 0 fully saturated rings. The number of methoxy groups -OCH3 is 1. The molecule has 30 heavy (non-hydrogen) atoms. The summed E-state index contributed by atoms with van der Waals surface area (Å²) >= 11 is 0. The monoisotopic (exact) mass is 413 g/mol. The molecule has 0 spiro atoms. The summed E-state index contributed by atoms with van der Waals surface area (Å²) in [5, 5.41) is 17.3. The van der Waals surface area contributed by atoms with Crippen molar-refractivity contribution < 1.29 is 19.0 Å². The summed E-state index contributed by atoms with van der Waals surface area (Å²) in [5.74, 6) is 5.71. The Labute approximate surface area is 178 Å². The minimum absolute atomic E-state index is 0.162. The number of ether oxygens (including phenoxy) is 2. The predicted octanol–water partition coefficient (Wildman–Crippen LogP) is 2.88. The van der Waals surface area contributed by atoms with Crippen LogP contribution in [0.25, 0.3) is 0 Å². The Bertz CT molecular complexity index is 910. The first kappa shape index (κ1) is 23.2. The van der Waals surface area contributed by atoms with Gasteiger partial charge >= 0.3 is 0 Å². The molecule has 0 bridgehead atoms. The van der Waals surface area contributed by atoms with Gasteiger partial charge in [-0.1, -0.05) is 12.0 Å². The van der Waals surface area contributed by atoms with Gasteiger partial charge in [0.25, 0.3) is 0 Å². The summed E-state index contributed by atoms with van der Waals surface area (Å²) in [6.07, 6.45) is 5.28. The number of aliphatic imine (C=N–C) groups is 1. The van der Waals surface area contributed by atoms with Crippen molar-refractivity contribution in [1.29, 1.82) is 0 Å². The van der Waals surface area contributed by atoms with Gasteiger partial charge in [0, 0.05) is 12.1 Å². The molecule has 7 nitrogen and oxygen atoms in total. The molecule has 2 aromatic rings. The van der Waals surface area contributed by atoms with Gasteiger partial charge in [0.2, 0.25) is 0 Å². The molecule has 1 aromatic heterocycles. The highest BCUT2D eigenvalue weighted by Gasteiger charge is 2.27. The molecule has 0 amide bonds. The number of furan rings is 1. The summed E-state index contributed by atoms with van der Waals surface area (Å²) in [4.78, 5) is 4.61. The van der Waals surface area contributed by atoms with E-state index in [0.29, 0.717) is 36.3 Å². The Morgan fingerprint density at radius 1 is 1.27 bits per heavy atom. The predicted molar refractivity (Wildman–Crippen MR) is 118 cm³/mol. The molecule has 0 aliphatic rings. The fourth-order valence-electron chi connectivity index (χ4n) is 3.08. The van der Waals surface area contributed by atoms with E-state index in [9.17, 15) is 5.11 Å². The normalized spacial score (nSPS) is 13.3. The first-order chi connectivity index (χ1) is 14.3. The van der Waals surface area contributed by atoms with Gasteiger partial charge in [-0.3, -0.25) is 0 Å². The molecule has 0 radical (unpaired) electrons. The van der Waals surface area contributed by atoms with Crippen molar-refractivity contribution in [1.82, 2.24) is 10.6 Å². The molecule has 1 heterocycles. The highest BCUT2D eigenvalue weighted by molar-refractivity contribution is 5.79. The van der Waals surface area contributed by atoms with E-state index in [4.69, 9.17) is 20.3 Å². The maximum atomic E-state index is 10.9. The van der Waals surface area contributed by atoms with Crippen LogP contribution >= 0.6 is 0 Å². The number of aryl methyl sites for hydroxylation is 2. The number of hydrogen-bond donors (Lipinski definition) is 3. The standard InChI is InChI=1S/C23H31N3O4/c1-7-11-29-21-13-18(9-10-20(21)28-6)14-25-22(24-8-2)26-15-23(5,27)19-12-16(3)30-17(19)4/h1,9-10,12-13,27H,8,11,14-15H2,2-6H3,(H2,24,25,26). The van der Waals surface area contributed by atoms with E-state index in [0.717, 1.165) is 16.9 Å². The van der Waals surface area contributed by atoms with E-state index in [2.05, 4.69) is 21.5 Å². The van der Waals surface area contributed by atoms with Crippen molar-refractivity contribution in [2.45, 2.75) is 39.8 Å². The summed E-state index contributed by atoms with van der Waals surface area (Å²) in [6.45, 7) is 8.99. The molecule has 2 rings (SSSR count). The molecule has 1 atom stereocenters. The molecule has 7 heteroatoms. The van der Waals surface area contributed by atoms with Crippen molar-refractivity contribution in [3.8, 4) is 23.8 Å². The second kappa shape index (κ2) is 10.6. The van der Waals surface area contributed by atoms with E-state index in [1.54, 1.807) is 14.0 Å². The van der Waals surface area contributed by atoms with Crippen LogP contribution in [0.5, 0.6) is 11.5 Å². The third-order valence-electron chi connectivity index (χ3n) is 4.52. The van der Waals surface area contributed by atoms with E-state index < -0.39 is 5.60 Å². The first-order valence-electron chi connectivity index (χ1n) is 9.86. The number of benzene rings is 1. The zero-order valence-electron chi connectivity index (χ0n) is 18.3. The van der Waals surface area contributed by atoms with Gasteiger partial charge in [0.1, 0.15) is 23.7 Å². The third kappa shape index (κ3) is 6.19. The zero-order chi connectivity index (χ0) is 22.1. The molecule has 0 saturated carbocycles. The van der Waals surface area contributed by atoms with Gasteiger partial charge in [0.15, 0.2) is 17.5 Å². The van der Waals surface area contributed by atoms with E-state index in [-0.39, 0.29) is 13.2 Å². The van der Waals surface area contributed by atoms with Crippen LogP contribution in [-0.4, -0.2) is 37.9 Å². The second-order valence-electron chi connectivity index (χ2n) is 7.13. The number of guanidine groups is 1. The van der Waals surface area contributed by atoms with Gasteiger partial charge in [-0.05, 0) is 51.5 Å². The number of hydrogen-bond acceptors (Lipinski definition) is 5. The maximum absolute atomic E-state index is 10.9. The van der Waals surface area contributed by atoms with Crippen LogP contribution < -0.4 is 20.1 Å². The third-order valence-corrected chi connectivity index (χ3v) is 4.52. The SMILES string of the molecule is C#CCOc1cc(CN=C(NCC)NCC(C)(O)c2cc(C)oc2C)ccc1OC. The van der Waals surface area contributed by atoms with Crippen molar-refractivity contribution >= 4 is 5.96 Å². The number of nitrogens with one attached hydrogen (secondary N) is 2. The Balaban J connectivity index is 2.10. The quantitative estimate of drug-likeness (QED) is 0.333. The molecule has 0 aliphatic heterocycles. The Morgan fingerprint density at radius 3 is 2.63 bits per heavy atom. The van der Waals surface area contributed by atoms with Crippen LogP contribution in [0.3, 0.4) is 0 Å². The molecular weight excluding hydrogens is 382 g/mol. The van der Waals surface area contributed by atoms with E-state index in [1.165, 1.54) is 0 Å². The van der Waals surface area contributed by atoms with Crippen molar-refractivity contribution in [3.05, 3.63) is 46.9 Å². The molecular formula is C23H31N3O4. The molecule has 3 N–H and O–H groups in total. The highest BCUT2D eigenvalue weighted by Crippen LogP contribution is 2.28. The van der Waals surface area contributed by atoms with Crippen LogP contribution in [0, 0.1) is 26.2 Å². The van der Waals surface area contributed by atoms with Gasteiger partial charge in [0.05, 0.1) is 20.2 Å². The van der Waals surface area contributed by atoms with E-state index in [1.807, 2.05) is 45.0 Å². The molecule has 0 aliphatic carbocycles. The zero-order valence-corrected chi connectivity index (χ0v) is 18.3. The molecule has 1 aromatic carbocycles. The summed E-state index contributed by atoms with van der Waals surface area (Å²) in [7, 11) is 1.58. The van der Waals surface area contributed by atoms with Crippen LogP contribution in [0.1, 0.15) is 36.5 Å². The average molecular weight is 414 g/mol. The van der Waals surface area contributed by atoms with Gasteiger partial charge in [-0.2, -0.15) is 0 Å². The fourth-order valence-corrected chi connectivity index (χ4v) is 3.08. The van der Waals surface area contributed by atoms with Gasteiger partial charge in [-0.25, -0.2) is 4.99 Å². The topological polar surface area (TPSA) is 88.2 Å². The summed E-state index contributed by atoms with van der Waals surface area (Å²) in [6, 6.07) is 7.46. The van der Waals surface area contributed by atoms with Crippen molar-refractivity contribution in [2.75, 3.05) is 26.8 Å². The Hall–Kier alpha value is -3.11. The smallest absolute Gasteiger partial charge is 0.191 e. The average Bonchev–Trinajstić information content (AvgIpc) is 3.07. The lowest BCUT2D eigenvalue weighted by Crippen LogP contribution is -2.44. The second-order valence-corrected chi connectivity index (χ2v) is 7.13. The highest BCUT2D eigenvalue weighted by atomic mass is 16.5. The minimum Gasteiger partial charge on any atom is -0.493 e. The Kier molecular flexibility index (Phi) is 8.19. The number of nitrogens with zero attached hydrogens (tertiary/aromatic N) is 1. The number of terminal acetylenes is 1. The van der Waals surface area contributed by atoms with Crippen LogP contribution in [-0.2, 0) is 12.1 Å². The first-order valence-corrected chi connectivity index (χ1v) is 9.86. The van der Waals surface area contributed by atoms with Crippen molar-refractivity contribution in [3.63, 3.8) is 0 Å².